The Morgan fingerprint density at radius 2 is 1.62 bits per heavy atom. The van der Waals surface area contributed by atoms with E-state index in [1.165, 1.54) is 7.05 Å². The van der Waals surface area contributed by atoms with Crippen molar-refractivity contribution in [3.05, 3.63) is 29.8 Å². The molecule has 0 aliphatic heterocycles. The molecule has 0 atom stereocenters. The topological polar surface area (TPSA) is 46.2 Å². The molecule has 0 radical (unpaired) electrons. The van der Waals surface area contributed by atoms with Gasteiger partial charge in [0.1, 0.15) is 0 Å². The molecule has 0 aromatic heterocycles. The first-order valence-corrected chi connectivity index (χ1v) is 5.05. The molecule has 3 nitrogen and oxygen atoms in total. The zero-order valence-corrected chi connectivity index (χ0v) is 7.85. The van der Waals surface area contributed by atoms with Crippen molar-refractivity contribution in [1.29, 1.82) is 0 Å². The van der Waals surface area contributed by atoms with E-state index in [1.807, 2.05) is 6.92 Å². The Hall–Kier alpha value is 0.130. The third-order valence-corrected chi connectivity index (χ3v) is 3.03. The van der Waals surface area contributed by atoms with Crippen LogP contribution >= 0.6 is 0 Å². The third-order valence-electron chi connectivity index (χ3n) is 1.60. The van der Waals surface area contributed by atoms with Gasteiger partial charge in [0.25, 0.3) is 0 Å². The minimum atomic E-state index is -3.26. The van der Waals surface area contributed by atoms with Gasteiger partial charge in [0.15, 0.2) is 0 Å². The quantitative estimate of drug-likeness (QED) is 0.710. The van der Waals surface area contributed by atoms with Gasteiger partial charge in [0.2, 0.25) is 10.0 Å². The molecule has 13 heavy (non-hydrogen) atoms. The standard InChI is InChI=1S/C8H11NO2S.Na.H/c1-7-3-5-8(6-4-7)12(10,11)9-2;;/h3-6,9H,1-2H3;;. The SMILES string of the molecule is CNS(=O)(=O)c1ccc(C)cc1.[NaH]. The molecule has 0 spiro atoms. The van der Waals surface area contributed by atoms with E-state index in [0.29, 0.717) is 4.90 Å². The summed E-state index contributed by atoms with van der Waals surface area (Å²) in [6, 6.07) is 6.71. The fraction of sp³-hybridized carbons (Fsp3) is 0.250. The van der Waals surface area contributed by atoms with E-state index >= 15 is 0 Å². The second kappa shape index (κ2) is 5.12. The van der Waals surface area contributed by atoms with Gasteiger partial charge in [-0.15, -0.1) is 0 Å². The van der Waals surface area contributed by atoms with Gasteiger partial charge in [-0.05, 0) is 26.1 Å². The van der Waals surface area contributed by atoms with Crippen LogP contribution in [0.5, 0.6) is 0 Å². The number of benzene rings is 1. The third kappa shape index (κ3) is 3.40. The predicted molar refractivity (Wildman–Crippen MR) is 54.6 cm³/mol. The molecule has 1 N–H and O–H groups in total. The van der Waals surface area contributed by atoms with Crippen LogP contribution in [0.2, 0.25) is 0 Å². The summed E-state index contributed by atoms with van der Waals surface area (Å²) in [5.74, 6) is 0. The Balaban J connectivity index is 0.00000144. The average molecular weight is 209 g/mol. The first-order valence-electron chi connectivity index (χ1n) is 3.56. The molecule has 0 heterocycles. The monoisotopic (exact) mass is 209 g/mol. The van der Waals surface area contributed by atoms with Crippen molar-refractivity contribution in [2.45, 2.75) is 11.8 Å². The van der Waals surface area contributed by atoms with Gasteiger partial charge in [-0.3, -0.25) is 0 Å². The first kappa shape index (κ1) is 13.1. The number of aryl methyl sites for hydroxylation is 1. The van der Waals surface area contributed by atoms with Crippen LogP contribution in [0, 0.1) is 6.92 Å². The van der Waals surface area contributed by atoms with Crippen molar-refractivity contribution in [3.8, 4) is 0 Å². The molecule has 0 saturated heterocycles. The summed E-state index contributed by atoms with van der Waals surface area (Å²) in [5.41, 5.74) is 1.05. The fourth-order valence-corrected chi connectivity index (χ4v) is 1.57. The fourth-order valence-electron chi connectivity index (χ4n) is 0.835. The van der Waals surface area contributed by atoms with Crippen LogP contribution in [0.4, 0.5) is 0 Å². The van der Waals surface area contributed by atoms with Crippen LogP contribution in [-0.2, 0) is 10.0 Å². The maximum atomic E-state index is 11.2. The summed E-state index contributed by atoms with van der Waals surface area (Å²) in [6.07, 6.45) is 0. The van der Waals surface area contributed by atoms with Gasteiger partial charge in [0.05, 0.1) is 4.90 Å². The molecule has 0 aliphatic rings. The van der Waals surface area contributed by atoms with Crippen LogP contribution in [0.1, 0.15) is 5.56 Å². The molecule has 68 valence electrons. The summed E-state index contributed by atoms with van der Waals surface area (Å²) >= 11 is 0. The zero-order valence-electron chi connectivity index (χ0n) is 7.03. The Bertz CT molecular complexity index is 358. The van der Waals surface area contributed by atoms with E-state index in [1.54, 1.807) is 24.3 Å². The Kier molecular flexibility index (Phi) is 5.17. The second-order valence-corrected chi connectivity index (χ2v) is 4.41. The van der Waals surface area contributed by atoms with E-state index < -0.39 is 10.0 Å². The van der Waals surface area contributed by atoms with Crippen LogP contribution in [0.3, 0.4) is 0 Å². The molecule has 0 fully saturated rings. The molecule has 1 aromatic rings. The van der Waals surface area contributed by atoms with E-state index in [-0.39, 0.29) is 29.6 Å². The first-order chi connectivity index (χ1) is 5.56. The van der Waals surface area contributed by atoms with Crippen molar-refractivity contribution in [2.24, 2.45) is 0 Å². The molecule has 0 amide bonds. The van der Waals surface area contributed by atoms with E-state index in [2.05, 4.69) is 4.72 Å². The van der Waals surface area contributed by atoms with Gasteiger partial charge >= 0.3 is 29.6 Å². The average Bonchev–Trinajstić information content (AvgIpc) is 2.05. The molecule has 0 unspecified atom stereocenters. The second-order valence-electron chi connectivity index (χ2n) is 2.52. The summed E-state index contributed by atoms with van der Waals surface area (Å²) in [6.45, 7) is 1.91. The number of rotatable bonds is 2. The Morgan fingerprint density at radius 3 is 2.00 bits per heavy atom. The van der Waals surface area contributed by atoms with Crippen LogP contribution in [-0.4, -0.2) is 45.0 Å². The van der Waals surface area contributed by atoms with Gasteiger partial charge in [-0.2, -0.15) is 0 Å². The van der Waals surface area contributed by atoms with Crippen molar-refractivity contribution in [3.63, 3.8) is 0 Å². The number of sulfonamides is 1. The van der Waals surface area contributed by atoms with Gasteiger partial charge in [-0.25, -0.2) is 13.1 Å². The summed E-state index contributed by atoms with van der Waals surface area (Å²) < 4.78 is 24.7. The Labute approximate surface area is 101 Å². The summed E-state index contributed by atoms with van der Waals surface area (Å²) in [7, 11) is -1.87. The number of hydrogen-bond acceptors (Lipinski definition) is 2. The zero-order chi connectivity index (χ0) is 9.19. The maximum absolute atomic E-state index is 11.2. The molecule has 0 bridgehead atoms. The van der Waals surface area contributed by atoms with Gasteiger partial charge in [0, 0.05) is 0 Å². The normalized spacial score (nSPS) is 10.6. The number of hydrogen-bond donors (Lipinski definition) is 1. The molecule has 0 saturated carbocycles. The molecule has 0 aliphatic carbocycles. The van der Waals surface area contributed by atoms with Crippen LogP contribution in [0.25, 0.3) is 0 Å². The van der Waals surface area contributed by atoms with Gasteiger partial charge < -0.3 is 0 Å². The molecular weight excluding hydrogens is 197 g/mol. The van der Waals surface area contributed by atoms with Crippen molar-refractivity contribution in [2.75, 3.05) is 7.05 Å². The van der Waals surface area contributed by atoms with Crippen LogP contribution in [0.15, 0.2) is 29.2 Å². The van der Waals surface area contributed by atoms with Crippen molar-refractivity contribution in [1.82, 2.24) is 4.72 Å². The van der Waals surface area contributed by atoms with E-state index in [0.717, 1.165) is 5.56 Å². The van der Waals surface area contributed by atoms with Crippen LogP contribution < -0.4 is 4.72 Å². The minimum absolute atomic E-state index is 0. The van der Waals surface area contributed by atoms with Crippen molar-refractivity contribution < 1.29 is 8.42 Å². The van der Waals surface area contributed by atoms with E-state index in [9.17, 15) is 8.42 Å². The number of nitrogens with one attached hydrogen (secondary N) is 1. The molecule has 1 rings (SSSR count). The molecule has 1 aromatic carbocycles. The van der Waals surface area contributed by atoms with Gasteiger partial charge in [-0.1, -0.05) is 17.7 Å². The van der Waals surface area contributed by atoms with E-state index in [4.69, 9.17) is 0 Å². The Morgan fingerprint density at radius 1 is 1.15 bits per heavy atom. The van der Waals surface area contributed by atoms with Crippen molar-refractivity contribution >= 4 is 39.6 Å². The molecular formula is C8H12NNaO2S. The summed E-state index contributed by atoms with van der Waals surface area (Å²) in [5, 5.41) is 0. The molecule has 5 heteroatoms. The summed E-state index contributed by atoms with van der Waals surface area (Å²) in [4.78, 5) is 0.301. The predicted octanol–water partition coefficient (Wildman–Crippen LogP) is 0.255.